The van der Waals surface area contributed by atoms with E-state index in [1.807, 2.05) is 42.7 Å². The molecule has 0 bridgehead atoms. The topological polar surface area (TPSA) is 47.6 Å². The van der Waals surface area contributed by atoms with Crippen LogP contribution in [0.25, 0.3) is 11.1 Å². The Morgan fingerprint density at radius 3 is 2.54 bits per heavy atom. The van der Waals surface area contributed by atoms with Gasteiger partial charge in [-0.15, -0.1) is 0 Å². The summed E-state index contributed by atoms with van der Waals surface area (Å²) in [5, 5.41) is 0. The molecule has 138 valence electrons. The van der Waals surface area contributed by atoms with Gasteiger partial charge in [0.05, 0.1) is 23.4 Å². The maximum Gasteiger partial charge on any atom is 0.166 e. The smallest absolute Gasteiger partial charge is 0.166 e. The number of furan rings is 1. The van der Waals surface area contributed by atoms with Crippen LogP contribution in [0, 0.1) is 6.92 Å². The first-order valence-electron chi connectivity index (χ1n) is 8.87. The number of aromatic nitrogens is 1. The molecule has 0 spiro atoms. The summed E-state index contributed by atoms with van der Waals surface area (Å²) in [5.74, 6) is 1.71. The van der Waals surface area contributed by atoms with Crippen molar-refractivity contribution in [2.45, 2.75) is 39.8 Å². The van der Waals surface area contributed by atoms with Gasteiger partial charge in [-0.3, -0.25) is 4.79 Å². The monoisotopic (exact) mass is 354 g/mol. The zero-order valence-corrected chi connectivity index (χ0v) is 16.1. The molecule has 5 heteroatoms. The zero-order valence-electron chi connectivity index (χ0n) is 16.1. The average molecular weight is 354 g/mol. The number of aldehydes is 1. The molecule has 2 heterocycles. The first-order chi connectivity index (χ1) is 12.4. The third-order valence-electron chi connectivity index (χ3n) is 4.85. The molecule has 0 aliphatic carbocycles. The Balaban J connectivity index is 1.89. The van der Waals surface area contributed by atoms with Gasteiger partial charge in [0.25, 0.3) is 0 Å². The summed E-state index contributed by atoms with van der Waals surface area (Å²) in [6.07, 6.45) is 0.887. The number of hydrogen-bond acceptors (Lipinski definition) is 4. The predicted octanol–water partition coefficient (Wildman–Crippen LogP) is 4.67. The Kier molecular flexibility index (Phi) is 4.81. The molecule has 1 aromatic carbocycles. The van der Waals surface area contributed by atoms with E-state index in [0.29, 0.717) is 18.8 Å². The van der Waals surface area contributed by atoms with Crippen LogP contribution in [-0.4, -0.2) is 30.0 Å². The Labute approximate surface area is 154 Å². The number of carbonyl (C=O) groups is 1. The molecule has 3 rings (SSSR count). The van der Waals surface area contributed by atoms with Gasteiger partial charge >= 0.3 is 0 Å². The van der Waals surface area contributed by atoms with Gasteiger partial charge in [0.2, 0.25) is 0 Å². The molecule has 3 aromatic rings. The lowest BCUT2D eigenvalue weighted by Crippen LogP contribution is -2.45. The SMILES string of the molecule is CCOc1ccc(N(C)C(C)(C)Cn2c(C=O)cc3oc(C)cc32)cc1. The number of benzene rings is 1. The molecule has 0 aliphatic rings. The van der Waals surface area contributed by atoms with Crippen molar-refractivity contribution in [2.24, 2.45) is 0 Å². The predicted molar refractivity (Wildman–Crippen MR) is 104 cm³/mol. The summed E-state index contributed by atoms with van der Waals surface area (Å²) in [7, 11) is 2.07. The highest BCUT2D eigenvalue weighted by atomic mass is 16.5. The van der Waals surface area contributed by atoms with Gasteiger partial charge in [0, 0.05) is 31.4 Å². The van der Waals surface area contributed by atoms with Crippen LogP contribution >= 0.6 is 0 Å². The maximum atomic E-state index is 11.5. The van der Waals surface area contributed by atoms with Crippen molar-refractivity contribution < 1.29 is 13.9 Å². The van der Waals surface area contributed by atoms with Crippen molar-refractivity contribution in [2.75, 3.05) is 18.6 Å². The highest BCUT2D eigenvalue weighted by molar-refractivity contribution is 5.86. The molecule has 26 heavy (non-hydrogen) atoms. The van der Waals surface area contributed by atoms with Crippen LogP contribution in [0.2, 0.25) is 0 Å². The minimum atomic E-state index is -0.220. The summed E-state index contributed by atoms with van der Waals surface area (Å²) < 4.78 is 13.2. The molecule has 0 saturated carbocycles. The van der Waals surface area contributed by atoms with Crippen LogP contribution in [0.5, 0.6) is 5.75 Å². The quantitative estimate of drug-likeness (QED) is 0.579. The average Bonchev–Trinajstić information content (AvgIpc) is 3.12. The molecule has 0 atom stereocenters. The Morgan fingerprint density at radius 1 is 1.23 bits per heavy atom. The molecule has 0 aliphatic heterocycles. The van der Waals surface area contributed by atoms with E-state index >= 15 is 0 Å². The van der Waals surface area contributed by atoms with Crippen molar-refractivity contribution >= 4 is 23.1 Å². The number of aryl methyl sites for hydroxylation is 1. The van der Waals surface area contributed by atoms with Crippen LogP contribution in [0.1, 0.15) is 37.0 Å². The van der Waals surface area contributed by atoms with E-state index in [0.717, 1.165) is 34.6 Å². The van der Waals surface area contributed by atoms with Crippen molar-refractivity contribution in [3.8, 4) is 5.75 Å². The molecule has 0 saturated heterocycles. The van der Waals surface area contributed by atoms with E-state index in [1.54, 1.807) is 0 Å². The summed E-state index contributed by atoms with van der Waals surface area (Å²) in [5.41, 5.74) is 3.22. The van der Waals surface area contributed by atoms with Crippen LogP contribution in [0.3, 0.4) is 0 Å². The van der Waals surface area contributed by atoms with Crippen molar-refractivity contribution in [1.82, 2.24) is 4.57 Å². The Hall–Kier alpha value is -2.69. The number of nitrogens with zero attached hydrogens (tertiary/aromatic N) is 2. The van der Waals surface area contributed by atoms with E-state index in [1.165, 1.54) is 0 Å². The number of carbonyl (C=O) groups excluding carboxylic acids is 1. The molecular formula is C21H26N2O3. The zero-order chi connectivity index (χ0) is 18.9. The lowest BCUT2D eigenvalue weighted by molar-refractivity contribution is 0.111. The normalized spacial score (nSPS) is 11.7. The maximum absolute atomic E-state index is 11.5. The van der Waals surface area contributed by atoms with Gasteiger partial charge in [-0.2, -0.15) is 0 Å². The Bertz CT molecular complexity index is 903. The third-order valence-corrected chi connectivity index (χ3v) is 4.85. The minimum Gasteiger partial charge on any atom is -0.494 e. The molecule has 0 fully saturated rings. The first-order valence-corrected chi connectivity index (χ1v) is 8.87. The Morgan fingerprint density at radius 2 is 1.92 bits per heavy atom. The van der Waals surface area contributed by atoms with Gasteiger partial charge in [0.1, 0.15) is 11.5 Å². The van der Waals surface area contributed by atoms with E-state index < -0.39 is 0 Å². The van der Waals surface area contributed by atoms with Gasteiger partial charge < -0.3 is 18.6 Å². The fraction of sp³-hybridized carbons (Fsp3) is 0.381. The molecule has 0 radical (unpaired) electrons. The number of likely N-dealkylation sites (N-methyl/N-ethyl adjacent to an activating group) is 1. The van der Waals surface area contributed by atoms with E-state index in [2.05, 4.69) is 37.9 Å². The summed E-state index contributed by atoms with van der Waals surface area (Å²) in [6, 6.07) is 11.9. The molecular weight excluding hydrogens is 328 g/mol. The fourth-order valence-corrected chi connectivity index (χ4v) is 3.23. The molecule has 2 aromatic heterocycles. The highest BCUT2D eigenvalue weighted by Gasteiger charge is 2.27. The van der Waals surface area contributed by atoms with Crippen molar-refractivity contribution in [1.29, 1.82) is 0 Å². The van der Waals surface area contributed by atoms with Crippen LogP contribution in [-0.2, 0) is 6.54 Å². The van der Waals surface area contributed by atoms with Crippen LogP contribution in [0.4, 0.5) is 5.69 Å². The standard InChI is InChI=1S/C21H26N2O3/c1-6-25-18-9-7-16(8-10-18)22(5)21(3,4)14-23-17(13-24)12-20-19(23)11-15(2)26-20/h7-13H,6,14H2,1-5H3. The lowest BCUT2D eigenvalue weighted by Gasteiger charge is -2.38. The summed E-state index contributed by atoms with van der Waals surface area (Å²) >= 11 is 0. The summed E-state index contributed by atoms with van der Waals surface area (Å²) in [6.45, 7) is 9.54. The first kappa shape index (κ1) is 18.1. The largest absolute Gasteiger partial charge is 0.494 e. The number of fused-ring (bicyclic) bond motifs is 1. The van der Waals surface area contributed by atoms with Gasteiger partial charge in [-0.05, 0) is 52.0 Å². The second kappa shape index (κ2) is 6.90. The fourth-order valence-electron chi connectivity index (χ4n) is 3.23. The van der Waals surface area contributed by atoms with Gasteiger partial charge in [-0.25, -0.2) is 0 Å². The number of ether oxygens (including phenoxy) is 1. The van der Waals surface area contributed by atoms with Crippen molar-refractivity contribution in [3.63, 3.8) is 0 Å². The van der Waals surface area contributed by atoms with Gasteiger partial charge in [-0.1, -0.05) is 0 Å². The summed E-state index contributed by atoms with van der Waals surface area (Å²) in [4.78, 5) is 13.7. The van der Waals surface area contributed by atoms with E-state index in [9.17, 15) is 4.79 Å². The van der Waals surface area contributed by atoms with Crippen LogP contribution in [0.15, 0.2) is 40.8 Å². The number of anilines is 1. The lowest BCUT2D eigenvalue weighted by atomic mass is 10.0. The van der Waals surface area contributed by atoms with E-state index in [-0.39, 0.29) is 5.54 Å². The van der Waals surface area contributed by atoms with E-state index in [4.69, 9.17) is 9.15 Å². The number of rotatable bonds is 7. The molecule has 0 amide bonds. The molecule has 5 nitrogen and oxygen atoms in total. The van der Waals surface area contributed by atoms with Crippen LogP contribution < -0.4 is 9.64 Å². The second-order valence-corrected chi connectivity index (χ2v) is 7.18. The van der Waals surface area contributed by atoms with Gasteiger partial charge in [0.15, 0.2) is 11.9 Å². The highest BCUT2D eigenvalue weighted by Crippen LogP contribution is 2.29. The second-order valence-electron chi connectivity index (χ2n) is 7.18. The van der Waals surface area contributed by atoms with Crippen molar-refractivity contribution in [3.05, 3.63) is 47.9 Å². The molecule has 0 unspecified atom stereocenters. The minimum absolute atomic E-state index is 0.220. The third kappa shape index (κ3) is 3.34. The number of hydrogen-bond donors (Lipinski definition) is 0. The molecule has 0 N–H and O–H groups in total.